The molecule has 0 saturated carbocycles. The standard InChI is InChI=1S/C57H42N2OS/c1-57(2)49-20-9-6-15-41(49)42-29-27-39(34-50(42)57)58(37-25-23-35(24-26-37)40-18-12-19-47-44-17-8-11-22-53(44)61-56(40)47)38-28-32-51-48(33-38)45-30-31-46-43-16-7-10-21-52(43)60-55(46)54(45)59(51)36-13-4-3-5-14-36/h3-13,15-34,36,46,55H,14H2,1-2H3. The van der Waals surface area contributed by atoms with Gasteiger partial charge in [0.2, 0.25) is 0 Å². The van der Waals surface area contributed by atoms with E-state index in [1.165, 1.54) is 81.3 Å². The van der Waals surface area contributed by atoms with Crippen molar-refractivity contribution in [3.63, 3.8) is 0 Å². The topological polar surface area (TPSA) is 17.4 Å². The second kappa shape index (κ2) is 13.1. The van der Waals surface area contributed by atoms with Crippen LogP contribution in [0, 0.1) is 0 Å². The molecule has 1 aliphatic heterocycles. The molecule has 4 aliphatic rings. The summed E-state index contributed by atoms with van der Waals surface area (Å²) in [5.41, 5.74) is 16.2. The molecule has 0 amide bonds. The smallest absolute Gasteiger partial charge is 0.150 e. The lowest BCUT2D eigenvalue weighted by atomic mass is 9.82. The summed E-state index contributed by atoms with van der Waals surface area (Å²) in [6, 6.07) is 56.7. The number of para-hydroxylation sites is 1. The molecule has 3 atom stereocenters. The van der Waals surface area contributed by atoms with Gasteiger partial charge < -0.3 is 14.2 Å². The van der Waals surface area contributed by atoms with Crippen molar-refractivity contribution in [2.24, 2.45) is 0 Å². The van der Waals surface area contributed by atoms with E-state index in [0.29, 0.717) is 0 Å². The second-order valence-electron chi connectivity index (χ2n) is 17.5. The van der Waals surface area contributed by atoms with Gasteiger partial charge in [0.05, 0.1) is 11.7 Å². The van der Waals surface area contributed by atoms with Crippen molar-refractivity contribution < 1.29 is 4.74 Å². The molecule has 7 aromatic carbocycles. The van der Waals surface area contributed by atoms with Gasteiger partial charge in [-0.05, 0) is 94.4 Å². The third-order valence-corrected chi connectivity index (χ3v) is 15.1. The number of hydrogen-bond donors (Lipinski definition) is 0. The Morgan fingerprint density at radius 2 is 1.39 bits per heavy atom. The molecule has 13 rings (SSSR count). The fourth-order valence-electron chi connectivity index (χ4n) is 11.0. The van der Waals surface area contributed by atoms with Crippen molar-refractivity contribution in [2.45, 2.75) is 43.7 Å². The Hall–Kier alpha value is -6.88. The Morgan fingerprint density at radius 1 is 0.639 bits per heavy atom. The van der Waals surface area contributed by atoms with Crippen LogP contribution < -0.4 is 9.64 Å². The van der Waals surface area contributed by atoms with Crippen LogP contribution in [0.25, 0.3) is 59.4 Å². The minimum atomic E-state index is -0.122. The van der Waals surface area contributed by atoms with Gasteiger partial charge in [0.1, 0.15) is 11.9 Å². The Kier molecular flexibility index (Phi) is 7.48. The lowest BCUT2D eigenvalue weighted by Crippen LogP contribution is -2.20. The maximum atomic E-state index is 6.87. The van der Waals surface area contributed by atoms with E-state index in [4.69, 9.17) is 4.74 Å². The van der Waals surface area contributed by atoms with E-state index in [1.54, 1.807) is 0 Å². The Morgan fingerprint density at radius 3 is 2.30 bits per heavy atom. The predicted octanol–water partition coefficient (Wildman–Crippen LogP) is 15.8. The van der Waals surface area contributed by atoms with E-state index in [1.807, 2.05) is 11.3 Å². The summed E-state index contributed by atoms with van der Waals surface area (Å²) >= 11 is 1.89. The Bertz CT molecular complexity index is 3380. The van der Waals surface area contributed by atoms with Crippen molar-refractivity contribution in [3.8, 4) is 28.0 Å². The first-order valence-electron chi connectivity index (χ1n) is 21.5. The highest BCUT2D eigenvalue weighted by molar-refractivity contribution is 7.26. The average Bonchev–Trinajstić information content (AvgIpc) is 4.04. The monoisotopic (exact) mass is 802 g/mol. The van der Waals surface area contributed by atoms with E-state index in [2.05, 4.69) is 211 Å². The van der Waals surface area contributed by atoms with Crippen LogP contribution in [0.4, 0.5) is 17.1 Å². The molecule has 0 fully saturated rings. The Labute approximate surface area is 359 Å². The molecule has 3 heterocycles. The molecular weight excluding hydrogens is 761 g/mol. The zero-order valence-corrected chi connectivity index (χ0v) is 34.9. The predicted molar refractivity (Wildman–Crippen MR) is 256 cm³/mol. The normalized spacial score (nSPS) is 18.8. The molecule has 3 unspecified atom stereocenters. The van der Waals surface area contributed by atoms with Crippen LogP contribution in [0.15, 0.2) is 182 Å². The van der Waals surface area contributed by atoms with Gasteiger partial charge in [0, 0.05) is 70.6 Å². The summed E-state index contributed by atoms with van der Waals surface area (Å²) in [5.74, 6) is 1.17. The Balaban J connectivity index is 0.990. The number of aromatic nitrogens is 1. The van der Waals surface area contributed by atoms with Crippen LogP contribution in [0.1, 0.15) is 66.3 Å². The first kappa shape index (κ1) is 34.9. The van der Waals surface area contributed by atoms with Crippen LogP contribution in [0.2, 0.25) is 0 Å². The lowest BCUT2D eigenvalue weighted by Gasteiger charge is -2.28. The fraction of sp³-hybridized carbons (Fsp3) is 0.123. The number of ether oxygens (including phenoxy) is 1. The van der Waals surface area contributed by atoms with Crippen LogP contribution in [0.5, 0.6) is 5.75 Å². The first-order valence-corrected chi connectivity index (χ1v) is 22.3. The van der Waals surface area contributed by atoms with Crippen molar-refractivity contribution >= 4 is 65.6 Å². The highest BCUT2D eigenvalue weighted by atomic mass is 32.1. The van der Waals surface area contributed by atoms with Crippen molar-refractivity contribution in [1.82, 2.24) is 4.57 Å². The number of fused-ring (bicyclic) bond motifs is 13. The molecule has 61 heavy (non-hydrogen) atoms. The second-order valence-corrected chi connectivity index (χ2v) is 18.6. The molecule has 9 aromatic rings. The molecule has 0 saturated heterocycles. The van der Waals surface area contributed by atoms with Crippen LogP contribution in [-0.2, 0) is 5.41 Å². The third-order valence-electron chi connectivity index (χ3n) is 13.9. The van der Waals surface area contributed by atoms with E-state index >= 15 is 0 Å². The molecule has 292 valence electrons. The van der Waals surface area contributed by atoms with Gasteiger partial charge in [-0.15, -0.1) is 11.3 Å². The van der Waals surface area contributed by atoms with Gasteiger partial charge in [-0.25, -0.2) is 0 Å². The minimum Gasteiger partial charge on any atom is -0.483 e. The molecular formula is C57H42N2OS. The molecule has 3 nitrogen and oxygen atoms in total. The highest BCUT2D eigenvalue weighted by Gasteiger charge is 2.41. The molecule has 0 N–H and O–H groups in total. The number of hydrogen-bond acceptors (Lipinski definition) is 3. The molecule has 2 aromatic heterocycles. The number of allylic oxidation sites excluding steroid dienone is 4. The number of anilines is 3. The van der Waals surface area contributed by atoms with Gasteiger partial charge >= 0.3 is 0 Å². The number of rotatable bonds is 5. The zero-order chi connectivity index (χ0) is 40.4. The SMILES string of the molecule is CC1(C)c2ccccc2-c2ccc(N(c3ccc(-c4cccc5c4sc4ccccc45)cc3)c3ccc4c(c3)c3c(n4C4C=CC=CC4)C4Oc5ccccc5C4C=C3)cc21. The van der Waals surface area contributed by atoms with Gasteiger partial charge in [0.15, 0.2) is 0 Å². The van der Waals surface area contributed by atoms with Crippen molar-refractivity contribution in [3.05, 3.63) is 210 Å². The van der Waals surface area contributed by atoms with E-state index < -0.39 is 0 Å². The largest absolute Gasteiger partial charge is 0.483 e. The van der Waals surface area contributed by atoms with Crippen LogP contribution in [0.3, 0.4) is 0 Å². The molecule has 4 heteroatoms. The molecule has 0 spiro atoms. The zero-order valence-electron chi connectivity index (χ0n) is 34.0. The van der Waals surface area contributed by atoms with E-state index in [-0.39, 0.29) is 23.5 Å². The first-order chi connectivity index (χ1) is 30.0. The third kappa shape index (κ3) is 5.09. The van der Waals surface area contributed by atoms with Gasteiger partial charge in [-0.3, -0.25) is 0 Å². The number of thiophene rings is 1. The number of nitrogens with zero attached hydrogens (tertiary/aromatic N) is 2. The van der Waals surface area contributed by atoms with Crippen molar-refractivity contribution in [1.29, 1.82) is 0 Å². The maximum Gasteiger partial charge on any atom is 0.150 e. The molecule has 0 bridgehead atoms. The maximum absolute atomic E-state index is 6.87. The summed E-state index contributed by atoms with van der Waals surface area (Å²) in [7, 11) is 0. The summed E-state index contributed by atoms with van der Waals surface area (Å²) < 4.78 is 12.1. The van der Waals surface area contributed by atoms with Gasteiger partial charge in [-0.2, -0.15) is 0 Å². The van der Waals surface area contributed by atoms with E-state index in [9.17, 15) is 0 Å². The fourth-order valence-corrected chi connectivity index (χ4v) is 12.2. The van der Waals surface area contributed by atoms with E-state index in [0.717, 1.165) is 29.2 Å². The van der Waals surface area contributed by atoms with Crippen LogP contribution >= 0.6 is 11.3 Å². The van der Waals surface area contributed by atoms with Crippen LogP contribution in [-0.4, -0.2) is 4.57 Å². The quantitative estimate of drug-likeness (QED) is 0.172. The van der Waals surface area contributed by atoms with Gasteiger partial charge in [-0.1, -0.05) is 147 Å². The lowest BCUT2D eigenvalue weighted by molar-refractivity contribution is 0.211. The summed E-state index contributed by atoms with van der Waals surface area (Å²) in [5, 5.41) is 3.89. The molecule has 3 aliphatic carbocycles. The molecule has 0 radical (unpaired) electrons. The minimum absolute atomic E-state index is 0.0813. The average molecular weight is 803 g/mol. The van der Waals surface area contributed by atoms with Gasteiger partial charge in [0.25, 0.3) is 0 Å². The summed E-state index contributed by atoms with van der Waals surface area (Å²) in [4.78, 5) is 2.47. The summed E-state index contributed by atoms with van der Waals surface area (Å²) in [6.45, 7) is 4.74. The van der Waals surface area contributed by atoms with Crippen molar-refractivity contribution in [2.75, 3.05) is 4.90 Å². The number of benzene rings is 7. The highest BCUT2D eigenvalue weighted by Crippen LogP contribution is 2.55. The summed E-state index contributed by atoms with van der Waals surface area (Å²) in [6.07, 6.45) is 14.6.